The molecule has 0 aliphatic carbocycles. The molecule has 0 aromatic carbocycles. The average molecular weight is 921 g/mol. The first-order chi connectivity index (χ1) is 32.5. The Morgan fingerprint density at radius 2 is 0.803 bits per heavy atom. The predicted octanol–water partition coefficient (Wildman–Crippen LogP) is 17.1. The highest BCUT2D eigenvalue weighted by molar-refractivity contribution is 5.77. The summed E-state index contributed by atoms with van der Waals surface area (Å²) in [7, 11) is 0. The van der Waals surface area contributed by atoms with Crippen molar-refractivity contribution in [1.82, 2.24) is 5.32 Å². The SMILES string of the molecule is CCC/C=C/C=C/C=C/C=C/C=C/CCCCCCCC(=O)OC(CCCCC/C=C/C=C/CCCCCCCCC)CC(=O)NC(CO)C(O)CCCCCCCCCCCCCCC. The van der Waals surface area contributed by atoms with Gasteiger partial charge in [0, 0.05) is 6.42 Å². The number of rotatable bonds is 49. The smallest absolute Gasteiger partial charge is 0.306 e. The Balaban J connectivity index is 4.69. The fourth-order valence-electron chi connectivity index (χ4n) is 8.10. The van der Waals surface area contributed by atoms with Gasteiger partial charge in [0.25, 0.3) is 0 Å². The first-order valence-electron chi connectivity index (χ1n) is 27.9. The highest BCUT2D eigenvalue weighted by Crippen LogP contribution is 2.17. The zero-order chi connectivity index (χ0) is 48.1. The number of hydrogen-bond acceptors (Lipinski definition) is 5. The molecule has 0 aromatic heterocycles. The molecule has 0 rings (SSSR count). The second-order valence-corrected chi connectivity index (χ2v) is 18.8. The zero-order valence-electron chi connectivity index (χ0n) is 43.3. The number of hydrogen-bond donors (Lipinski definition) is 3. The second-order valence-electron chi connectivity index (χ2n) is 18.8. The number of esters is 1. The molecule has 0 spiro atoms. The van der Waals surface area contributed by atoms with Gasteiger partial charge in [0.2, 0.25) is 5.91 Å². The summed E-state index contributed by atoms with van der Waals surface area (Å²) in [6, 6.07) is -0.720. The second kappa shape index (κ2) is 53.0. The maximum absolute atomic E-state index is 13.2. The van der Waals surface area contributed by atoms with Gasteiger partial charge >= 0.3 is 5.97 Å². The molecule has 0 aliphatic heterocycles. The van der Waals surface area contributed by atoms with Gasteiger partial charge in [-0.1, -0.05) is 260 Å². The lowest BCUT2D eigenvalue weighted by Crippen LogP contribution is -2.46. The Morgan fingerprint density at radius 3 is 1.26 bits per heavy atom. The van der Waals surface area contributed by atoms with Crippen molar-refractivity contribution in [2.75, 3.05) is 6.61 Å². The number of unbranched alkanes of at least 4 members (excludes halogenated alkanes) is 28. The highest BCUT2D eigenvalue weighted by atomic mass is 16.5. The van der Waals surface area contributed by atoms with Crippen LogP contribution in [0.3, 0.4) is 0 Å². The first kappa shape index (κ1) is 63.0. The van der Waals surface area contributed by atoms with Crippen molar-refractivity contribution in [3.05, 3.63) is 85.1 Å². The third-order valence-electron chi connectivity index (χ3n) is 12.3. The highest BCUT2D eigenvalue weighted by Gasteiger charge is 2.24. The van der Waals surface area contributed by atoms with Gasteiger partial charge in [-0.2, -0.15) is 0 Å². The minimum Gasteiger partial charge on any atom is -0.462 e. The number of aliphatic hydroxyl groups excluding tert-OH is 2. The van der Waals surface area contributed by atoms with Gasteiger partial charge in [0.15, 0.2) is 0 Å². The number of nitrogens with one attached hydrogen (secondary N) is 1. The largest absolute Gasteiger partial charge is 0.462 e. The molecule has 380 valence electrons. The molecule has 1 amide bonds. The number of amides is 1. The molecule has 0 saturated carbocycles. The predicted molar refractivity (Wildman–Crippen MR) is 287 cm³/mol. The molecular formula is C60H105NO5. The van der Waals surface area contributed by atoms with Crippen LogP contribution in [0, 0.1) is 0 Å². The van der Waals surface area contributed by atoms with Crippen LogP contribution in [0.5, 0.6) is 0 Å². The fraction of sp³-hybridized carbons (Fsp3) is 0.733. The Bertz CT molecular complexity index is 1260. The van der Waals surface area contributed by atoms with Crippen LogP contribution >= 0.6 is 0 Å². The van der Waals surface area contributed by atoms with E-state index in [-0.39, 0.29) is 24.9 Å². The molecule has 0 saturated heterocycles. The van der Waals surface area contributed by atoms with Crippen LogP contribution in [0.2, 0.25) is 0 Å². The lowest BCUT2D eigenvalue weighted by atomic mass is 10.0. The van der Waals surface area contributed by atoms with Crippen molar-refractivity contribution in [1.29, 1.82) is 0 Å². The molecule has 0 radical (unpaired) electrons. The van der Waals surface area contributed by atoms with E-state index >= 15 is 0 Å². The number of ether oxygens (including phenoxy) is 1. The summed E-state index contributed by atoms with van der Waals surface area (Å²) in [4.78, 5) is 26.2. The molecule has 6 nitrogen and oxygen atoms in total. The summed E-state index contributed by atoms with van der Waals surface area (Å²) in [5, 5.41) is 23.8. The van der Waals surface area contributed by atoms with Crippen molar-refractivity contribution in [2.45, 2.75) is 277 Å². The zero-order valence-corrected chi connectivity index (χ0v) is 43.3. The third-order valence-corrected chi connectivity index (χ3v) is 12.3. The summed E-state index contributed by atoms with van der Waals surface area (Å²) in [6.07, 6.45) is 69.2. The Hall–Kier alpha value is -2.96. The van der Waals surface area contributed by atoms with Gasteiger partial charge < -0.3 is 20.3 Å². The van der Waals surface area contributed by atoms with Gasteiger partial charge in [-0.05, 0) is 70.6 Å². The standard InChI is InChI=1S/C60H105NO5/c1-4-7-10-13-16-19-22-25-27-29-30-32-35-38-41-44-47-50-53-60(65)66-56(51-48-45-42-39-36-34-31-28-26-23-20-17-14-11-8-5-2)54-59(64)61-57(55-62)58(63)52-49-46-43-40-37-33-24-21-18-15-12-9-6-3/h10,13,16,19,22,25,27-32,34,36,56-58,62-63H,4-9,11-12,14-15,17-18,20-21,23-24,26,33,35,37-55H2,1-3H3,(H,61,64)/b13-10+,19-16+,25-22+,29-27+,31-28+,32-30+,36-34+. The van der Waals surface area contributed by atoms with Gasteiger partial charge in [-0.3, -0.25) is 9.59 Å². The molecule has 0 heterocycles. The summed E-state index contributed by atoms with van der Waals surface area (Å²) in [6.45, 7) is 6.39. The number of allylic oxidation sites excluding steroid dienone is 14. The lowest BCUT2D eigenvalue weighted by Gasteiger charge is -2.24. The number of carbonyl (C=O) groups excluding carboxylic acids is 2. The lowest BCUT2D eigenvalue weighted by molar-refractivity contribution is -0.151. The normalized spacial score (nSPS) is 13.8. The van der Waals surface area contributed by atoms with Crippen LogP contribution in [0.25, 0.3) is 0 Å². The van der Waals surface area contributed by atoms with Crippen LogP contribution in [-0.2, 0) is 14.3 Å². The van der Waals surface area contributed by atoms with Gasteiger partial charge in [0.1, 0.15) is 6.10 Å². The molecule has 0 bridgehead atoms. The Kier molecular flexibility index (Phi) is 50.6. The van der Waals surface area contributed by atoms with Gasteiger partial charge in [0.05, 0.1) is 25.2 Å². The maximum atomic E-state index is 13.2. The summed E-state index contributed by atoms with van der Waals surface area (Å²) >= 11 is 0. The van der Waals surface area contributed by atoms with E-state index in [0.717, 1.165) is 96.3 Å². The van der Waals surface area contributed by atoms with E-state index in [1.54, 1.807) is 0 Å². The van der Waals surface area contributed by atoms with E-state index in [0.29, 0.717) is 19.3 Å². The van der Waals surface area contributed by atoms with E-state index < -0.39 is 18.2 Å². The van der Waals surface area contributed by atoms with Crippen LogP contribution < -0.4 is 5.32 Å². The van der Waals surface area contributed by atoms with E-state index in [4.69, 9.17) is 4.74 Å². The average Bonchev–Trinajstić information content (AvgIpc) is 3.31. The Morgan fingerprint density at radius 1 is 0.439 bits per heavy atom. The first-order valence-corrected chi connectivity index (χ1v) is 27.9. The summed E-state index contributed by atoms with van der Waals surface area (Å²) in [5.74, 6) is -0.529. The maximum Gasteiger partial charge on any atom is 0.306 e. The molecule has 66 heavy (non-hydrogen) atoms. The van der Waals surface area contributed by atoms with Crippen molar-refractivity contribution >= 4 is 11.9 Å². The monoisotopic (exact) mass is 920 g/mol. The molecular weight excluding hydrogens is 815 g/mol. The summed E-state index contributed by atoms with van der Waals surface area (Å²) in [5.41, 5.74) is 0. The molecule has 0 fully saturated rings. The van der Waals surface area contributed by atoms with Crippen LogP contribution in [-0.4, -0.2) is 46.9 Å². The van der Waals surface area contributed by atoms with Crippen molar-refractivity contribution in [3.8, 4) is 0 Å². The quantitative estimate of drug-likeness (QED) is 0.0321. The van der Waals surface area contributed by atoms with E-state index in [2.05, 4.69) is 86.8 Å². The van der Waals surface area contributed by atoms with E-state index in [1.807, 2.05) is 24.3 Å². The molecule has 0 aromatic rings. The molecule has 3 N–H and O–H groups in total. The van der Waals surface area contributed by atoms with Crippen molar-refractivity contribution in [3.63, 3.8) is 0 Å². The number of carbonyl (C=O) groups is 2. The van der Waals surface area contributed by atoms with Crippen molar-refractivity contribution in [2.24, 2.45) is 0 Å². The molecule has 6 heteroatoms. The topological polar surface area (TPSA) is 95.9 Å². The molecule has 3 unspecified atom stereocenters. The third kappa shape index (κ3) is 47.5. The minimum absolute atomic E-state index is 0.0455. The molecule has 3 atom stereocenters. The van der Waals surface area contributed by atoms with Crippen LogP contribution in [0.15, 0.2) is 85.1 Å². The summed E-state index contributed by atoms with van der Waals surface area (Å²) < 4.78 is 5.93. The van der Waals surface area contributed by atoms with Crippen LogP contribution in [0.4, 0.5) is 0 Å². The van der Waals surface area contributed by atoms with E-state index in [9.17, 15) is 19.8 Å². The van der Waals surface area contributed by atoms with Gasteiger partial charge in [-0.15, -0.1) is 0 Å². The Labute approximate surface area is 408 Å². The molecule has 0 aliphatic rings. The van der Waals surface area contributed by atoms with Crippen LogP contribution in [0.1, 0.15) is 258 Å². The van der Waals surface area contributed by atoms with Crippen molar-refractivity contribution < 1.29 is 24.5 Å². The van der Waals surface area contributed by atoms with Gasteiger partial charge in [-0.25, -0.2) is 0 Å². The fourth-order valence-corrected chi connectivity index (χ4v) is 8.10. The minimum atomic E-state index is -0.804. The number of aliphatic hydroxyl groups is 2. The van der Waals surface area contributed by atoms with E-state index in [1.165, 1.54) is 116 Å².